The van der Waals surface area contributed by atoms with E-state index in [0.29, 0.717) is 103 Å². The highest BCUT2D eigenvalue weighted by Gasteiger charge is 2.21. The van der Waals surface area contributed by atoms with Gasteiger partial charge in [-0.2, -0.15) is 5.26 Å². The van der Waals surface area contributed by atoms with E-state index < -0.39 is 0 Å². The van der Waals surface area contributed by atoms with Gasteiger partial charge in [-0.3, -0.25) is 14.7 Å². The fourth-order valence-electron chi connectivity index (χ4n) is 5.27. The van der Waals surface area contributed by atoms with Crippen LogP contribution in [-0.4, -0.2) is 82.2 Å². The van der Waals surface area contributed by atoms with Crippen LogP contribution in [0.25, 0.3) is 10.9 Å². The van der Waals surface area contributed by atoms with Gasteiger partial charge >= 0.3 is 0 Å². The molecule has 3 aromatic carbocycles. The highest BCUT2D eigenvalue weighted by Crippen LogP contribution is 2.38. The lowest BCUT2D eigenvalue weighted by Gasteiger charge is -2.20. The number of amides is 1. The van der Waals surface area contributed by atoms with E-state index in [1.807, 2.05) is 0 Å². The molecule has 50 heavy (non-hydrogen) atoms. The summed E-state index contributed by atoms with van der Waals surface area (Å²) in [7, 11) is 3.29. The van der Waals surface area contributed by atoms with Gasteiger partial charge in [-0.25, -0.2) is 4.39 Å². The average Bonchev–Trinajstić information content (AvgIpc) is 3.62. The summed E-state index contributed by atoms with van der Waals surface area (Å²) in [4.78, 5) is 19.8. The van der Waals surface area contributed by atoms with Crippen LogP contribution in [0.2, 0.25) is 5.02 Å². The molecule has 11 nitrogen and oxygen atoms in total. The summed E-state index contributed by atoms with van der Waals surface area (Å²) in [5.41, 5.74) is 2.95. The largest absolute Gasteiger partial charge is 0.487 e. The molecule has 1 fully saturated rings. The van der Waals surface area contributed by atoms with Crippen LogP contribution >= 0.6 is 11.6 Å². The fraction of sp³-hybridized carbons (Fsp3) is 0.324. The topological polar surface area (TPSA) is 127 Å². The summed E-state index contributed by atoms with van der Waals surface area (Å²) in [6, 6.07) is 16.9. The van der Waals surface area contributed by atoms with Crippen molar-refractivity contribution in [2.45, 2.75) is 19.1 Å². The third kappa shape index (κ3) is 10.1. The zero-order valence-corrected chi connectivity index (χ0v) is 28.7. The average molecular weight is 704 g/mol. The zero-order chi connectivity index (χ0) is 35.3. The van der Waals surface area contributed by atoms with Gasteiger partial charge in [0.15, 0.2) is 0 Å². The molecule has 1 aliphatic heterocycles. The molecule has 0 saturated carbocycles. The van der Waals surface area contributed by atoms with Crippen molar-refractivity contribution in [2.24, 2.45) is 0 Å². The number of benzene rings is 3. The Bertz CT molecular complexity index is 1840. The first-order valence-corrected chi connectivity index (χ1v) is 16.5. The first-order chi connectivity index (χ1) is 24.4. The Labute approximate surface area is 295 Å². The standard InChI is InChI=1S/C37H39ClFN5O6/c1-46-15-12-44(13-16-47-2)11-4-7-36(45)43-33-19-30-32(20-35(33)50-29-10-14-48-24-29)41-22-26(21-40)37(30)42-28-8-9-34(31(38)18-28)49-23-25-5-3-6-27(39)17-25/h3-9,17-20,22,29H,10-16,23-24H2,1-2H3,(H,41,42)(H,43,45)/b7-4+/t29-/m0/s1. The third-order valence-electron chi connectivity index (χ3n) is 7.87. The molecule has 5 rings (SSSR count). The minimum Gasteiger partial charge on any atom is -0.487 e. The van der Waals surface area contributed by atoms with E-state index in [9.17, 15) is 14.4 Å². The number of rotatable bonds is 17. The Morgan fingerprint density at radius 1 is 1.14 bits per heavy atom. The first kappa shape index (κ1) is 36.5. The summed E-state index contributed by atoms with van der Waals surface area (Å²) in [5, 5.41) is 17.2. The molecule has 0 radical (unpaired) electrons. The van der Waals surface area contributed by atoms with Crippen LogP contribution in [0.1, 0.15) is 17.5 Å². The molecule has 2 heterocycles. The van der Waals surface area contributed by atoms with E-state index in [0.717, 1.165) is 0 Å². The molecule has 1 amide bonds. The maximum Gasteiger partial charge on any atom is 0.248 e. The molecule has 0 unspecified atom stereocenters. The number of pyridine rings is 1. The second kappa shape index (κ2) is 18.3. The van der Waals surface area contributed by atoms with E-state index in [1.165, 1.54) is 24.4 Å². The summed E-state index contributed by atoms with van der Waals surface area (Å²) >= 11 is 6.57. The van der Waals surface area contributed by atoms with Crippen LogP contribution in [-0.2, 0) is 25.6 Å². The van der Waals surface area contributed by atoms with Gasteiger partial charge in [-0.05, 0) is 42.0 Å². The van der Waals surface area contributed by atoms with Crippen LogP contribution in [0.3, 0.4) is 0 Å². The molecule has 1 saturated heterocycles. The first-order valence-electron chi connectivity index (χ1n) is 16.1. The number of aromatic nitrogens is 1. The van der Waals surface area contributed by atoms with Crippen molar-refractivity contribution in [1.82, 2.24) is 9.88 Å². The summed E-state index contributed by atoms with van der Waals surface area (Å²) in [5.74, 6) is 0.147. The van der Waals surface area contributed by atoms with Gasteiger partial charge < -0.3 is 34.3 Å². The number of ether oxygens (including phenoxy) is 5. The summed E-state index contributed by atoms with van der Waals surface area (Å²) in [6.07, 6.45) is 5.26. The van der Waals surface area contributed by atoms with Crippen molar-refractivity contribution in [1.29, 1.82) is 5.26 Å². The number of anilines is 3. The Kier molecular flexibility index (Phi) is 13.4. The number of nitriles is 1. The number of carbonyl (C=O) groups excluding carboxylic acids is 1. The molecule has 0 bridgehead atoms. The Hall–Kier alpha value is -4.77. The molecule has 1 atom stereocenters. The van der Waals surface area contributed by atoms with Crippen LogP contribution in [0.4, 0.5) is 21.5 Å². The van der Waals surface area contributed by atoms with E-state index >= 15 is 0 Å². The number of hydrogen-bond donors (Lipinski definition) is 2. The van der Waals surface area contributed by atoms with E-state index in [-0.39, 0.29) is 30.0 Å². The SMILES string of the molecule is COCCN(C/C=C/C(=O)Nc1cc2c(Nc3ccc(OCc4cccc(F)c4)c(Cl)c3)c(C#N)cnc2cc1O[C@H]1CCOC1)CCOC. The monoisotopic (exact) mass is 703 g/mol. The van der Waals surface area contributed by atoms with Gasteiger partial charge in [0, 0.05) is 69.7 Å². The molecular formula is C37H39ClFN5O6. The molecule has 1 aromatic heterocycles. The van der Waals surface area contributed by atoms with Crippen molar-refractivity contribution in [3.8, 4) is 17.6 Å². The van der Waals surface area contributed by atoms with Crippen molar-refractivity contribution in [3.05, 3.63) is 94.9 Å². The van der Waals surface area contributed by atoms with Gasteiger partial charge in [-0.15, -0.1) is 0 Å². The number of fused-ring (bicyclic) bond motifs is 1. The van der Waals surface area contributed by atoms with Crippen molar-refractivity contribution < 1.29 is 32.9 Å². The van der Waals surface area contributed by atoms with E-state index in [1.54, 1.807) is 62.8 Å². The summed E-state index contributed by atoms with van der Waals surface area (Å²) in [6.45, 7) is 4.18. The Morgan fingerprint density at radius 3 is 2.66 bits per heavy atom. The molecule has 262 valence electrons. The van der Waals surface area contributed by atoms with Gasteiger partial charge in [0.1, 0.15) is 36.1 Å². The molecule has 13 heteroatoms. The van der Waals surface area contributed by atoms with Crippen molar-refractivity contribution in [3.63, 3.8) is 0 Å². The third-order valence-corrected chi connectivity index (χ3v) is 8.17. The van der Waals surface area contributed by atoms with E-state index in [2.05, 4.69) is 26.6 Å². The van der Waals surface area contributed by atoms with Gasteiger partial charge in [-0.1, -0.05) is 29.8 Å². The molecule has 2 N–H and O–H groups in total. The van der Waals surface area contributed by atoms with Crippen LogP contribution < -0.4 is 20.1 Å². The van der Waals surface area contributed by atoms with E-state index in [4.69, 9.17) is 35.3 Å². The van der Waals surface area contributed by atoms with Crippen molar-refractivity contribution >= 4 is 45.5 Å². The molecular weight excluding hydrogens is 665 g/mol. The van der Waals surface area contributed by atoms with Gasteiger partial charge in [0.05, 0.1) is 53.9 Å². The maximum atomic E-state index is 13.6. The van der Waals surface area contributed by atoms with Crippen LogP contribution in [0.5, 0.6) is 11.5 Å². The van der Waals surface area contributed by atoms with Crippen LogP contribution in [0.15, 0.2) is 72.9 Å². The lowest BCUT2D eigenvalue weighted by Crippen LogP contribution is -2.31. The van der Waals surface area contributed by atoms with Gasteiger partial charge in [0.25, 0.3) is 0 Å². The minimum atomic E-state index is -0.352. The minimum absolute atomic E-state index is 0.138. The highest BCUT2D eigenvalue weighted by atomic mass is 35.5. The van der Waals surface area contributed by atoms with Gasteiger partial charge in [0.2, 0.25) is 5.91 Å². The highest BCUT2D eigenvalue weighted by molar-refractivity contribution is 6.32. The smallest absolute Gasteiger partial charge is 0.248 e. The molecule has 0 aliphatic carbocycles. The fourth-order valence-corrected chi connectivity index (χ4v) is 5.50. The maximum absolute atomic E-state index is 13.6. The molecule has 1 aliphatic rings. The lowest BCUT2D eigenvalue weighted by atomic mass is 10.1. The predicted octanol–water partition coefficient (Wildman–Crippen LogP) is 6.48. The Balaban J connectivity index is 1.40. The number of halogens is 2. The number of carbonyl (C=O) groups is 1. The lowest BCUT2D eigenvalue weighted by molar-refractivity contribution is -0.111. The number of hydrogen-bond acceptors (Lipinski definition) is 10. The summed E-state index contributed by atoms with van der Waals surface area (Å²) < 4.78 is 41.6. The molecule has 0 spiro atoms. The second-order valence-corrected chi connectivity index (χ2v) is 11.9. The molecule has 4 aromatic rings. The number of methoxy groups -OCH3 is 2. The van der Waals surface area contributed by atoms with Crippen LogP contribution in [0, 0.1) is 17.1 Å². The quantitative estimate of drug-likeness (QED) is 0.118. The normalized spacial score (nSPS) is 14.3. The van der Waals surface area contributed by atoms with Crippen molar-refractivity contribution in [2.75, 3.05) is 70.9 Å². The predicted molar refractivity (Wildman–Crippen MR) is 190 cm³/mol. The second-order valence-electron chi connectivity index (χ2n) is 11.5. The zero-order valence-electron chi connectivity index (χ0n) is 27.9. The number of nitrogens with one attached hydrogen (secondary N) is 2. The number of nitrogens with zero attached hydrogens (tertiary/aromatic N) is 3. The Morgan fingerprint density at radius 2 is 1.96 bits per heavy atom.